The molecule has 1 aliphatic heterocycles. The fourth-order valence-electron chi connectivity index (χ4n) is 4.85. The molecule has 230 valence electrons. The third kappa shape index (κ3) is 11.0. The molecule has 9 nitrogen and oxygen atoms in total. The van der Waals surface area contributed by atoms with Crippen molar-refractivity contribution in [1.29, 1.82) is 0 Å². The number of benzene rings is 2. The zero-order chi connectivity index (χ0) is 29.2. The molecule has 1 aliphatic rings. The van der Waals surface area contributed by atoms with Crippen molar-refractivity contribution in [1.82, 2.24) is 0 Å². The minimum Gasteiger partial charge on any atom is -0.382 e. The number of hydrogen-bond acceptors (Lipinski definition) is 8. The van der Waals surface area contributed by atoms with Crippen LogP contribution < -0.4 is 0 Å². The molecule has 0 fully saturated rings. The number of ether oxygens (including phenoxy) is 8. The Morgan fingerprint density at radius 2 is 1.00 bits per heavy atom. The van der Waals surface area contributed by atoms with Crippen LogP contribution in [0, 0.1) is 0 Å². The monoisotopic (exact) mass is 576 g/mol. The quantitative estimate of drug-likeness (QED) is 0.137. The summed E-state index contributed by atoms with van der Waals surface area (Å²) < 4.78 is 46.1. The van der Waals surface area contributed by atoms with E-state index in [2.05, 4.69) is 61.7 Å². The maximum atomic E-state index is 5.88. The smallest absolute Gasteiger partial charge is 0.210 e. The lowest BCUT2D eigenvalue weighted by molar-refractivity contribution is -0.443. The van der Waals surface area contributed by atoms with Gasteiger partial charge in [-0.1, -0.05) is 24.3 Å². The highest BCUT2D eigenvalue weighted by molar-refractivity contribution is 6.01. The summed E-state index contributed by atoms with van der Waals surface area (Å²) in [5.74, 6) is 0. The van der Waals surface area contributed by atoms with Crippen LogP contribution in [0.25, 0.3) is 10.8 Å². The first-order valence-electron chi connectivity index (χ1n) is 14.7. The van der Waals surface area contributed by atoms with E-state index in [0.717, 1.165) is 6.54 Å². The van der Waals surface area contributed by atoms with Gasteiger partial charge < -0.3 is 37.9 Å². The van der Waals surface area contributed by atoms with Crippen LogP contribution in [0.2, 0.25) is 0 Å². The van der Waals surface area contributed by atoms with E-state index in [1.165, 1.54) is 27.7 Å². The maximum Gasteiger partial charge on any atom is 0.210 e. The van der Waals surface area contributed by atoms with Crippen LogP contribution >= 0.6 is 0 Å². The molecule has 0 N–H and O–H groups in total. The summed E-state index contributed by atoms with van der Waals surface area (Å²) >= 11 is 0. The largest absolute Gasteiger partial charge is 0.382 e. The standard InChI is InChI=1S/C32H50NO8/c1-27-32(2,3)31-29-8-6-5-7-28(29)9-10-30(31)33(27)11-12-35-15-16-37-19-20-39-23-24-41-26-25-40-22-21-38-18-17-36-14-13-34-4/h5-10H,11-26H2,1-4H3/q+1. The summed E-state index contributed by atoms with van der Waals surface area (Å²) in [7, 11) is 1.65. The van der Waals surface area contributed by atoms with Crippen molar-refractivity contribution < 1.29 is 42.5 Å². The first-order valence-corrected chi connectivity index (χ1v) is 14.7. The Hall–Kier alpha value is -1.95. The van der Waals surface area contributed by atoms with Gasteiger partial charge in [-0.25, -0.2) is 0 Å². The SMILES string of the molecule is COCCOCCOCCOCCOCCOCCOCCOCC[N+]1=C(C)C(C)(C)c2c1ccc1ccccc21. The van der Waals surface area contributed by atoms with Gasteiger partial charge in [0.1, 0.15) is 6.61 Å². The van der Waals surface area contributed by atoms with Gasteiger partial charge in [0.15, 0.2) is 12.3 Å². The molecule has 1 heterocycles. The molecule has 0 amide bonds. The predicted octanol–water partition coefficient (Wildman–Crippen LogP) is 4.00. The third-order valence-electron chi connectivity index (χ3n) is 7.26. The van der Waals surface area contributed by atoms with Crippen LogP contribution in [0.3, 0.4) is 0 Å². The van der Waals surface area contributed by atoms with E-state index in [-0.39, 0.29) is 5.41 Å². The summed E-state index contributed by atoms with van der Waals surface area (Å²) in [5.41, 5.74) is 4.06. The van der Waals surface area contributed by atoms with Crippen LogP contribution in [0.15, 0.2) is 36.4 Å². The molecule has 2 aromatic rings. The lowest BCUT2D eigenvalue weighted by atomic mass is 9.80. The van der Waals surface area contributed by atoms with Gasteiger partial charge in [0.25, 0.3) is 0 Å². The van der Waals surface area contributed by atoms with E-state index in [0.29, 0.717) is 99.1 Å². The number of fused-ring (bicyclic) bond motifs is 3. The summed E-state index contributed by atoms with van der Waals surface area (Å²) in [6, 6.07) is 13.1. The van der Waals surface area contributed by atoms with Gasteiger partial charge in [-0.15, -0.1) is 0 Å². The van der Waals surface area contributed by atoms with Crippen LogP contribution in [-0.4, -0.2) is 123 Å². The molecular formula is C32H50NO8+. The topological polar surface area (TPSA) is 76.9 Å². The summed E-state index contributed by atoms with van der Waals surface area (Å²) in [6.45, 7) is 16.1. The Morgan fingerprint density at radius 3 is 1.49 bits per heavy atom. The summed E-state index contributed by atoms with van der Waals surface area (Å²) in [5, 5.41) is 2.63. The van der Waals surface area contributed by atoms with E-state index in [9.17, 15) is 0 Å². The van der Waals surface area contributed by atoms with Gasteiger partial charge in [0.05, 0.1) is 97.9 Å². The summed E-state index contributed by atoms with van der Waals surface area (Å²) in [6.07, 6.45) is 0. The molecule has 2 aromatic carbocycles. The molecule has 0 atom stereocenters. The Kier molecular flexibility index (Phi) is 15.8. The van der Waals surface area contributed by atoms with Gasteiger partial charge in [0.2, 0.25) is 5.69 Å². The second-order valence-electron chi connectivity index (χ2n) is 10.3. The van der Waals surface area contributed by atoms with Crippen molar-refractivity contribution in [2.45, 2.75) is 26.2 Å². The van der Waals surface area contributed by atoms with E-state index < -0.39 is 0 Å². The molecule has 0 saturated heterocycles. The van der Waals surface area contributed by atoms with Crippen molar-refractivity contribution in [3.05, 3.63) is 42.0 Å². The Balaban J connectivity index is 1.12. The lowest BCUT2D eigenvalue weighted by Crippen LogP contribution is -2.27. The highest BCUT2D eigenvalue weighted by Crippen LogP contribution is 2.43. The fourth-order valence-corrected chi connectivity index (χ4v) is 4.85. The first kappa shape index (κ1) is 33.6. The molecule has 3 rings (SSSR count). The Bertz CT molecular complexity index is 1040. The zero-order valence-corrected chi connectivity index (χ0v) is 25.5. The Morgan fingerprint density at radius 1 is 0.561 bits per heavy atom. The predicted molar refractivity (Wildman–Crippen MR) is 160 cm³/mol. The normalized spacial score (nSPS) is 14.3. The van der Waals surface area contributed by atoms with Gasteiger partial charge in [-0.2, -0.15) is 4.58 Å². The van der Waals surface area contributed by atoms with Crippen LogP contribution in [0.4, 0.5) is 5.69 Å². The molecule has 0 spiro atoms. The van der Waals surface area contributed by atoms with E-state index in [1.807, 2.05) is 0 Å². The fraction of sp³-hybridized carbons (Fsp3) is 0.656. The molecule has 0 unspecified atom stereocenters. The summed E-state index contributed by atoms with van der Waals surface area (Å²) in [4.78, 5) is 0. The average Bonchev–Trinajstić information content (AvgIpc) is 3.18. The van der Waals surface area contributed by atoms with Gasteiger partial charge >= 0.3 is 0 Å². The minimum atomic E-state index is -0.00599. The molecule has 0 bridgehead atoms. The molecule has 0 radical (unpaired) electrons. The van der Waals surface area contributed by atoms with Crippen molar-refractivity contribution in [2.75, 3.05) is 113 Å². The van der Waals surface area contributed by atoms with Crippen molar-refractivity contribution in [2.24, 2.45) is 0 Å². The molecule has 0 aliphatic carbocycles. The minimum absolute atomic E-state index is 0.00599. The van der Waals surface area contributed by atoms with E-state index in [1.54, 1.807) is 7.11 Å². The average molecular weight is 577 g/mol. The third-order valence-corrected chi connectivity index (χ3v) is 7.26. The molecule has 9 heteroatoms. The zero-order valence-electron chi connectivity index (χ0n) is 25.5. The lowest BCUT2D eigenvalue weighted by Gasteiger charge is -2.17. The first-order chi connectivity index (χ1) is 20.1. The second kappa shape index (κ2) is 19.3. The van der Waals surface area contributed by atoms with Gasteiger partial charge in [0, 0.05) is 25.7 Å². The molecule has 41 heavy (non-hydrogen) atoms. The molecule has 0 aromatic heterocycles. The maximum absolute atomic E-state index is 5.88. The number of nitrogens with zero attached hydrogens (tertiary/aromatic N) is 1. The Labute approximate surface area is 245 Å². The number of methoxy groups -OCH3 is 1. The van der Waals surface area contributed by atoms with Crippen molar-refractivity contribution >= 4 is 22.2 Å². The van der Waals surface area contributed by atoms with Crippen molar-refractivity contribution in [3.63, 3.8) is 0 Å². The van der Waals surface area contributed by atoms with E-state index >= 15 is 0 Å². The van der Waals surface area contributed by atoms with Crippen LogP contribution in [0.5, 0.6) is 0 Å². The number of hydrogen-bond donors (Lipinski definition) is 0. The van der Waals surface area contributed by atoms with Gasteiger partial charge in [-0.05, 0) is 30.7 Å². The molecular weight excluding hydrogens is 526 g/mol. The van der Waals surface area contributed by atoms with E-state index in [4.69, 9.17) is 37.9 Å². The molecule has 0 saturated carbocycles. The highest BCUT2D eigenvalue weighted by atomic mass is 16.6. The van der Waals surface area contributed by atoms with Crippen molar-refractivity contribution in [3.8, 4) is 0 Å². The van der Waals surface area contributed by atoms with Crippen LogP contribution in [-0.2, 0) is 43.3 Å². The number of rotatable bonds is 24. The second-order valence-corrected chi connectivity index (χ2v) is 10.3. The van der Waals surface area contributed by atoms with Crippen LogP contribution in [0.1, 0.15) is 26.3 Å². The highest BCUT2D eigenvalue weighted by Gasteiger charge is 2.43. The van der Waals surface area contributed by atoms with Gasteiger partial charge in [-0.3, -0.25) is 0 Å².